The van der Waals surface area contributed by atoms with Gasteiger partial charge in [-0.3, -0.25) is 0 Å². The minimum atomic E-state index is -0.178. The van der Waals surface area contributed by atoms with Crippen LogP contribution in [0.2, 0.25) is 0 Å². The molecule has 0 saturated carbocycles. The third-order valence-electron chi connectivity index (χ3n) is 13.1. The van der Waals surface area contributed by atoms with Gasteiger partial charge < -0.3 is 9.32 Å². The first-order valence-corrected chi connectivity index (χ1v) is 21.6. The van der Waals surface area contributed by atoms with E-state index in [-0.39, 0.29) is 11.5 Å². The van der Waals surface area contributed by atoms with Crippen LogP contribution < -0.4 is 4.90 Å². The molecule has 0 fully saturated rings. The number of nitrogens with zero attached hydrogens (tertiary/aromatic N) is 1. The summed E-state index contributed by atoms with van der Waals surface area (Å²) < 4.78 is 6.47. The molecule has 61 heavy (non-hydrogen) atoms. The van der Waals surface area contributed by atoms with Gasteiger partial charge in [-0.25, -0.2) is 0 Å². The van der Waals surface area contributed by atoms with E-state index in [0.29, 0.717) is 0 Å². The van der Waals surface area contributed by atoms with Crippen LogP contribution in [-0.4, -0.2) is 6.04 Å². The highest BCUT2D eigenvalue weighted by atomic mass is 16.3. The molecule has 1 aromatic heterocycles. The van der Waals surface area contributed by atoms with Gasteiger partial charge in [0.1, 0.15) is 11.2 Å². The molecule has 2 heteroatoms. The monoisotopic (exact) mass is 785 g/mol. The molecule has 0 spiro atoms. The van der Waals surface area contributed by atoms with Crippen molar-refractivity contribution in [2.24, 2.45) is 0 Å². The third kappa shape index (κ3) is 6.25. The molecule has 9 aromatic rings. The quantitative estimate of drug-likeness (QED) is 0.143. The predicted molar refractivity (Wildman–Crippen MR) is 260 cm³/mol. The van der Waals surface area contributed by atoms with Crippen molar-refractivity contribution in [3.05, 3.63) is 223 Å². The Kier molecular flexibility index (Phi) is 8.97. The smallest absolute Gasteiger partial charge is 0.136 e. The summed E-state index contributed by atoms with van der Waals surface area (Å²) in [5.41, 5.74) is 15.7. The standard InChI is InChI=1S/C59H47NO/c1-4-15-40(47-23-13-19-41-16-7-8-20-46(41)47)31-28-39-29-33-45(34-30-39)60(55-27-14-24-50-49-22-9-11-25-53(49)59(2,3)58(50)55)54-26-12-10-21-48(54)44-32-35-56-51(37-44)52-36-42-17-5-6-18-43(42)38-57(52)61-56/h4-27,29-33,35-38,45H,28,34H2,1-3H3/b15-4-,40-31+. The minimum absolute atomic E-state index is 0.0952. The number of benzene rings is 8. The lowest BCUT2D eigenvalue weighted by Crippen LogP contribution is -2.33. The second-order valence-electron chi connectivity index (χ2n) is 17.1. The van der Waals surface area contributed by atoms with Gasteiger partial charge in [-0.05, 0) is 122 Å². The first-order chi connectivity index (χ1) is 30.0. The summed E-state index contributed by atoms with van der Waals surface area (Å²) in [7, 11) is 0. The van der Waals surface area contributed by atoms with Crippen molar-refractivity contribution in [3.8, 4) is 22.3 Å². The normalized spacial score (nSPS) is 15.8. The highest BCUT2D eigenvalue weighted by Crippen LogP contribution is 2.54. The van der Waals surface area contributed by atoms with E-state index in [4.69, 9.17) is 4.42 Å². The van der Waals surface area contributed by atoms with Crippen molar-refractivity contribution in [1.82, 2.24) is 0 Å². The lowest BCUT2D eigenvalue weighted by molar-refractivity contribution is 0.654. The van der Waals surface area contributed by atoms with Gasteiger partial charge in [-0.15, -0.1) is 0 Å². The Morgan fingerprint density at radius 2 is 1.33 bits per heavy atom. The van der Waals surface area contributed by atoms with Crippen LogP contribution in [0.25, 0.3) is 71.3 Å². The fourth-order valence-corrected chi connectivity index (χ4v) is 10.2. The van der Waals surface area contributed by atoms with Crippen LogP contribution in [0, 0.1) is 0 Å². The Hall–Kier alpha value is -7.16. The summed E-state index contributed by atoms with van der Waals surface area (Å²) in [5.74, 6) is 0. The summed E-state index contributed by atoms with van der Waals surface area (Å²) in [5, 5.41) is 7.23. The lowest BCUT2D eigenvalue weighted by atomic mass is 9.81. The Morgan fingerprint density at radius 3 is 2.16 bits per heavy atom. The van der Waals surface area contributed by atoms with Crippen molar-refractivity contribution in [2.45, 2.75) is 45.1 Å². The van der Waals surface area contributed by atoms with Crippen LogP contribution in [0.4, 0.5) is 11.4 Å². The highest BCUT2D eigenvalue weighted by molar-refractivity contribution is 6.11. The van der Waals surface area contributed by atoms with E-state index in [1.54, 1.807) is 0 Å². The van der Waals surface area contributed by atoms with Crippen LogP contribution >= 0.6 is 0 Å². The molecular weight excluding hydrogens is 739 g/mol. The SMILES string of the molecule is C/C=C\C(=C/CC1=CCC(N(c2ccccc2-c2ccc3oc4cc5ccccc5cc4c3c2)c2cccc3c2C(C)(C)c2ccccc2-3)C=C1)c1cccc2ccccc12. The number of para-hydroxylation sites is 1. The number of fused-ring (bicyclic) bond motifs is 8. The number of allylic oxidation sites excluding steroid dienone is 6. The molecule has 0 radical (unpaired) electrons. The molecule has 1 heterocycles. The molecule has 0 bridgehead atoms. The summed E-state index contributed by atoms with van der Waals surface area (Å²) in [6.07, 6.45) is 15.8. The molecule has 0 amide bonds. The third-order valence-corrected chi connectivity index (χ3v) is 13.1. The molecule has 11 rings (SSSR count). The van der Waals surface area contributed by atoms with Gasteiger partial charge >= 0.3 is 0 Å². The topological polar surface area (TPSA) is 16.4 Å². The summed E-state index contributed by atoms with van der Waals surface area (Å²) in [6.45, 7) is 6.89. The lowest BCUT2D eigenvalue weighted by Gasteiger charge is -2.38. The van der Waals surface area contributed by atoms with Crippen molar-refractivity contribution in [1.29, 1.82) is 0 Å². The van der Waals surface area contributed by atoms with E-state index in [0.717, 1.165) is 34.8 Å². The van der Waals surface area contributed by atoms with Gasteiger partial charge in [0.15, 0.2) is 0 Å². The Bertz CT molecular complexity index is 3310. The molecule has 0 aliphatic heterocycles. The van der Waals surface area contributed by atoms with Crippen molar-refractivity contribution in [2.75, 3.05) is 4.90 Å². The maximum Gasteiger partial charge on any atom is 0.136 e. The van der Waals surface area contributed by atoms with Gasteiger partial charge in [0, 0.05) is 33.1 Å². The zero-order valence-electron chi connectivity index (χ0n) is 34.9. The van der Waals surface area contributed by atoms with Gasteiger partial charge in [-0.2, -0.15) is 0 Å². The molecule has 1 atom stereocenters. The fourth-order valence-electron chi connectivity index (χ4n) is 10.2. The number of hydrogen-bond acceptors (Lipinski definition) is 2. The summed E-state index contributed by atoms with van der Waals surface area (Å²) >= 11 is 0. The van der Waals surface area contributed by atoms with Gasteiger partial charge in [0.05, 0.1) is 6.04 Å². The van der Waals surface area contributed by atoms with Gasteiger partial charge in [-0.1, -0.05) is 178 Å². The molecular formula is C59H47NO. The summed E-state index contributed by atoms with van der Waals surface area (Å²) in [6, 6.07) is 60.0. The van der Waals surface area contributed by atoms with Crippen LogP contribution in [0.3, 0.4) is 0 Å². The first-order valence-electron chi connectivity index (χ1n) is 21.6. The van der Waals surface area contributed by atoms with Crippen LogP contribution in [0.15, 0.2) is 210 Å². The van der Waals surface area contributed by atoms with E-state index in [9.17, 15) is 0 Å². The largest absolute Gasteiger partial charge is 0.456 e. The second kappa shape index (κ2) is 14.8. The van der Waals surface area contributed by atoms with Crippen molar-refractivity contribution >= 4 is 60.4 Å². The van der Waals surface area contributed by atoms with Crippen LogP contribution in [-0.2, 0) is 5.41 Å². The highest BCUT2D eigenvalue weighted by Gasteiger charge is 2.39. The number of furan rings is 1. The molecule has 0 saturated heterocycles. The number of rotatable bonds is 8. The van der Waals surface area contributed by atoms with E-state index in [1.165, 1.54) is 83.0 Å². The van der Waals surface area contributed by atoms with E-state index >= 15 is 0 Å². The average molecular weight is 786 g/mol. The molecule has 2 aliphatic carbocycles. The van der Waals surface area contributed by atoms with Crippen molar-refractivity contribution < 1.29 is 4.42 Å². The zero-order valence-corrected chi connectivity index (χ0v) is 34.9. The Labute approximate surface area is 358 Å². The number of anilines is 2. The predicted octanol–water partition coefficient (Wildman–Crippen LogP) is 16.3. The van der Waals surface area contributed by atoms with Crippen LogP contribution in [0.1, 0.15) is 50.3 Å². The molecule has 0 N–H and O–H groups in total. The number of hydrogen-bond donors (Lipinski definition) is 0. The maximum absolute atomic E-state index is 6.47. The molecule has 8 aromatic carbocycles. The van der Waals surface area contributed by atoms with Gasteiger partial charge in [0.2, 0.25) is 0 Å². The maximum atomic E-state index is 6.47. The van der Waals surface area contributed by atoms with E-state index in [2.05, 4.69) is 226 Å². The van der Waals surface area contributed by atoms with E-state index < -0.39 is 0 Å². The average Bonchev–Trinajstić information content (AvgIpc) is 3.78. The summed E-state index contributed by atoms with van der Waals surface area (Å²) in [4.78, 5) is 2.63. The second-order valence-corrected chi connectivity index (χ2v) is 17.1. The molecule has 2 aliphatic rings. The van der Waals surface area contributed by atoms with Crippen LogP contribution in [0.5, 0.6) is 0 Å². The molecule has 1 unspecified atom stereocenters. The fraction of sp³-hybridized carbons (Fsp3) is 0.119. The Balaban J connectivity index is 1.02. The molecule has 2 nitrogen and oxygen atoms in total. The van der Waals surface area contributed by atoms with Crippen molar-refractivity contribution in [3.63, 3.8) is 0 Å². The van der Waals surface area contributed by atoms with Gasteiger partial charge in [0.25, 0.3) is 0 Å². The van der Waals surface area contributed by atoms with E-state index in [1.807, 2.05) is 0 Å². The Morgan fingerprint density at radius 1 is 0.639 bits per heavy atom. The molecule has 294 valence electrons. The minimum Gasteiger partial charge on any atom is -0.456 e. The first kappa shape index (κ1) is 36.9. The zero-order chi connectivity index (χ0) is 41.1.